The maximum absolute atomic E-state index is 13.4. The van der Waals surface area contributed by atoms with E-state index in [1.807, 2.05) is 24.3 Å². The molecule has 0 bridgehead atoms. The molecule has 158 valence electrons. The summed E-state index contributed by atoms with van der Waals surface area (Å²) in [6.07, 6.45) is 1.39. The van der Waals surface area contributed by atoms with Crippen molar-refractivity contribution in [1.29, 1.82) is 0 Å². The second kappa shape index (κ2) is 7.42. The molecule has 6 nitrogen and oxygen atoms in total. The normalized spacial score (nSPS) is 14.8. The predicted octanol–water partition coefficient (Wildman–Crippen LogP) is 4.63. The van der Waals surface area contributed by atoms with Crippen LogP contribution in [-0.4, -0.2) is 23.3 Å². The van der Waals surface area contributed by atoms with Gasteiger partial charge in [0, 0.05) is 6.07 Å². The molecule has 0 radical (unpaired) electrons. The third-order valence-electron chi connectivity index (χ3n) is 5.73. The summed E-state index contributed by atoms with van der Waals surface area (Å²) in [7, 11) is 1.58. The zero-order chi connectivity index (χ0) is 22.4. The molecule has 0 spiro atoms. The fourth-order valence-electron chi connectivity index (χ4n) is 4.23. The number of carboxylic acid groups (broad SMARTS) is 1. The largest absolute Gasteiger partial charge is 0.508 e. The number of benzene rings is 3. The zero-order valence-electron chi connectivity index (χ0n) is 17.0. The highest BCUT2D eigenvalue weighted by Crippen LogP contribution is 2.42. The van der Waals surface area contributed by atoms with Crippen molar-refractivity contribution in [2.45, 2.75) is 5.92 Å². The van der Waals surface area contributed by atoms with Crippen LogP contribution in [-0.2, 0) is 4.79 Å². The Balaban J connectivity index is 1.91. The topological polar surface area (TPSA) is 97.0 Å². The highest BCUT2D eigenvalue weighted by atomic mass is 16.5. The molecule has 1 aliphatic carbocycles. The highest BCUT2D eigenvalue weighted by molar-refractivity contribution is 6.21. The number of ether oxygens (including phenoxy) is 1. The molecule has 0 saturated heterocycles. The summed E-state index contributed by atoms with van der Waals surface area (Å²) in [5, 5.41) is 20.1. The monoisotopic (exact) mass is 426 g/mol. The number of carbonyl (C=O) groups is 1. The number of phenolic OH excluding ortho intramolecular Hbond substituents is 1. The summed E-state index contributed by atoms with van der Waals surface area (Å²) in [5.74, 6) is -0.715. The third kappa shape index (κ3) is 3.04. The maximum atomic E-state index is 13.4. The minimum absolute atomic E-state index is 0.0169. The molecule has 4 aromatic rings. The Morgan fingerprint density at radius 2 is 1.78 bits per heavy atom. The molecule has 1 atom stereocenters. The van der Waals surface area contributed by atoms with Crippen molar-refractivity contribution in [3.8, 4) is 11.5 Å². The molecule has 1 heterocycles. The number of hydrogen-bond donors (Lipinski definition) is 2. The van der Waals surface area contributed by atoms with Crippen molar-refractivity contribution < 1.29 is 24.2 Å². The molecule has 1 unspecified atom stereocenters. The van der Waals surface area contributed by atoms with Crippen molar-refractivity contribution in [1.82, 2.24) is 0 Å². The van der Waals surface area contributed by atoms with Gasteiger partial charge in [0.2, 0.25) is 0 Å². The van der Waals surface area contributed by atoms with Crippen molar-refractivity contribution >= 4 is 28.6 Å². The Morgan fingerprint density at radius 3 is 2.50 bits per heavy atom. The molecule has 0 saturated carbocycles. The van der Waals surface area contributed by atoms with E-state index >= 15 is 0 Å². The fourth-order valence-corrected chi connectivity index (χ4v) is 4.23. The summed E-state index contributed by atoms with van der Waals surface area (Å²) >= 11 is 0. The molecular formula is C26H18O6. The van der Waals surface area contributed by atoms with Crippen LogP contribution in [0.1, 0.15) is 33.9 Å². The van der Waals surface area contributed by atoms with Gasteiger partial charge in [0.25, 0.3) is 0 Å². The van der Waals surface area contributed by atoms with Gasteiger partial charge >= 0.3 is 5.97 Å². The van der Waals surface area contributed by atoms with Gasteiger partial charge in [-0.2, -0.15) is 0 Å². The molecule has 0 fully saturated rings. The predicted molar refractivity (Wildman–Crippen MR) is 120 cm³/mol. The Hall–Kier alpha value is -4.32. The van der Waals surface area contributed by atoms with Gasteiger partial charge in [0.1, 0.15) is 22.8 Å². The molecule has 1 aliphatic rings. The van der Waals surface area contributed by atoms with Crippen molar-refractivity contribution in [2.24, 2.45) is 0 Å². The van der Waals surface area contributed by atoms with Crippen LogP contribution in [0.4, 0.5) is 0 Å². The third-order valence-corrected chi connectivity index (χ3v) is 5.73. The number of carboxylic acids is 1. The average Bonchev–Trinajstić information content (AvgIpc) is 2.94. The van der Waals surface area contributed by atoms with E-state index in [1.165, 1.54) is 24.3 Å². The molecule has 2 N–H and O–H groups in total. The molecule has 1 aromatic heterocycles. The molecule has 3 aromatic carbocycles. The van der Waals surface area contributed by atoms with E-state index in [0.717, 1.165) is 5.56 Å². The molecule has 6 heteroatoms. The van der Waals surface area contributed by atoms with Gasteiger partial charge in [-0.3, -0.25) is 4.79 Å². The van der Waals surface area contributed by atoms with E-state index in [2.05, 4.69) is 0 Å². The smallest absolute Gasteiger partial charge is 0.336 e. The first-order valence-corrected chi connectivity index (χ1v) is 9.96. The van der Waals surface area contributed by atoms with Gasteiger partial charge in [0.15, 0.2) is 5.43 Å². The van der Waals surface area contributed by atoms with Crippen molar-refractivity contribution in [3.63, 3.8) is 0 Å². The van der Waals surface area contributed by atoms with E-state index < -0.39 is 11.9 Å². The number of methoxy groups -OCH3 is 1. The Labute approximate surface area is 182 Å². The molecule has 32 heavy (non-hydrogen) atoms. The van der Waals surface area contributed by atoms with Crippen LogP contribution in [0, 0.1) is 0 Å². The number of phenols is 1. The Kier molecular flexibility index (Phi) is 4.56. The Bertz CT molecular complexity index is 1460. The van der Waals surface area contributed by atoms with Gasteiger partial charge in [-0.05, 0) is 47.0 Å². The SMILES string of the molecule is COc1ccc(C2c3ccccc3C(C(=O)O)=Cc3c2oc2cc(O)ccc2c3=O)cc1. The average molecular weight is 426 g/mol. The number of rotatable bonds is 3. The number of fused-ring (bicyclic) bond motifs is 3. The zero-order valence-corrected chi connectivity index (χ0v) is 17.0. The molecule has 0 amide bonds. The van der Waals surface area contributed by atoms with Crippen LogP contribution in [0.5, 0.6) is 11.5 Å². The van der Waals surface area contributed by atoms with Gasteiger partial charge in [-0.1, -0.05) is 36.4 Å². The summed E-state index contributed by atoms with van der Waals surface area (Å²) in [6.45, 7) is 0. The lowest BCUT2D eigenvalue weighted by Gasteiger charge is -2.20. The van der Waals surface area contributed by atoms with Crippen LogP contribution in [0.2, 0.25) is 0 Å². The maximum Gasteiger partial charge on any atom is 0.336 e. The lowest BCUT2D eigenvalue weighted by Crippen LogP contribution is -2.13. The van der Waals surface area contributed by atoms with Gasteiger partial charge < -0.3 is 19.4 Å². The van der Waals surface area contributed by atoms with Crippen molar-refractivity contribution in [2.75, 3.05) is 7.11 Å². The van der Waals surface area contributed by atoms with Crippen molar-refractivity contribution in [3.05, 3.63) is 105 Å². The number of aromatic hydroxyl groups is 1. The standard InChI is InChI=1S/C26H18O6/c1-31-16-9-6-14(7-10-16)23-18-5-3-2-4-17(18)20(26(29)30)13-21-24(28)19-11-8-15(27)12-22(19)32-25(21)23/h2-13,23,27H,1H3,(H,29,30). The minimum Gasteiger partial charge on any atom is -0.508 e. The summed E-state index contributed by atoms with van der Waals surface area (Å²) in [4.78, 5) is 25.6. The second-order valence-electron chi connectivity index (χ2n) is 7.55. The Morgan fingerprint density at radius 1 is 1.03 bits per heavy atom. The van der Waals surface area contributed by atoms with E-state index in [-0.39, 0.29) is 33.3 Å². The van der Waals surface area contributed by atoms with Crippen LogP contribution in [0.15, 0.2) is 75.9 Å². The minimum atomic E-state index is -1.14. The lowest BCUT2D eigenvalue weighted by molar-refractivity contribution is -0.130. The second-order valence-corrected chi connectivity index (χ2v) is 7.55. The quantitative estimate of drug-likeness (QED) is 0.496. The van der Waals surface area contributed by atoms with Crippen LogP contribution < -0.4 is 10.2 Å². The van der Waals surface area contributed by atoms with Crippen LogP contribution >= 0.6 is 0 Å². The highest BCUT2D eigenvalue weighted by Gasteiger charge is 2.32. The lowest BCUT2D eigenvalue weighted by atomic mass is 9.85. The van der Waals surface area contributed by atoms with E-state index in [9.17, 15) is 19.8 Å². The molecule has 5 rings (SSSR count). The summed E-state index contributed by atoms with van der Waals surface area (Å²) in [5.41, 5.74) is 2.09. The van der Waals surface area contributed by atoms with Gasteiger partial charge in [0.05, 0.1) is 29.6 Å². The molecular weight excluding hydrogens is 408 g/mol. The number of hydrogen-bond acceptors (Lipinski definition) is 5. The van der Waals surface area contributed by atoms with E-state index in [4.69, 9.17) is 9.15 Å². The first kappa shape index (κ1) is 19.6. The van der Waals surface area contributed by atoms with Crippen LogP contribution in [0.25, 0.3) is 22.6 Å². The van der Waals surface area contributed by atoms with Gasteiger partial charge in [-0.15, -0.1) is 0 Å². The molecule has 0 aliphatic heterocycles. The summed E-state index contributed by atoms with van der Waals surface area (Å²) < 4.78 is 11.5. The van der Waals surface area contributed by atoms with E-state index in [1.54, 1.807) is 31.4 Å². The first-order valence-electron chi connectivity index (χ1n) is 9.96. The fraction of sp³-hybridized carbons (Fsp3) is 0.0769. The summed E-state index contributed by atoms with van der Waals surface area (Å²) in [6, 6.07) is 18.8. The number of aliphatic carboxylic acids is 1. The van der Waals surface area contributed by atoms with Gasteiger partial charge in [-0.25, -0.2) is 4.79 Å². The first-order chi connectivity index (χ1) is 15.5. The van der Waals surface area contributed by atoms with Crippen LogP contribution in [0.3, 0.4) is 0 Å². The van der Waals surface area contributed by atoms with E-state index in [0.29, 0.717) is 22.6 Å².